The molecule has 0 bridgehead atoms. The number of aliphatic hydroxyl groups excluding tert-OH is 1. The zero-order valence-corrected chi connectivity index (χ0v) is 13.9. The smallest absolute Gasteiger partial charge is 0.127 e. The van der Waals surface area contributed by atoms with Gasteiger partial charge in [-0.1, -0.05) is 18.2 Å². The summed E-state index contributed by atoms with van der Waals surface area (Å²) in [6.45, 7) is 4.31. The molecule has 1 atom stereocenters. The van der Waals surface area contributed by atoms with Gasteiger partial charge in [0, 0.05) is 56.0 Å². The summed E-state index contributed by atoms with van der Waals surface area (Å²) in [5.74, 6) is -0.152. The van der Waals surface area contributed by atoms with Crippen LogP contribution in [0.25, 0.3) is 0 Å². The number of hydrogen-bond donors (Lipinski definition) is 1. The topological polar surface area (TPSA) is 39.6 Å². The molecule has 1 aliphatic rings. The summed E-state index contributed by atoms with van der Waals surface area (Å²) >= 11 is 1.67. The van der Waals surface area contributed by atoms with Crippen molar-refractivity contribution in [3.8, 4) is 0 Å². The van der Waals surface area contributed by atoms with Crippen LogP contribution < -0.4 is 0 Å². The molecule has 0 saturated carbocycles. The van der Waals surface area contributed by atoms with Crippen LogP contribution in [0.2, 0.25) is 0 Å². The predicted molar refractivity (Wildman–Crippen MR) is 89.7 cm³/mol. The van der Waals surface area contributed by atoms with E-state index in [0.29, 0.717) is 13.0 Å². The summed E-state index contributed by atoms with van der Waals surface area (Å²) in [6, 6.07) is 7.18. The lowest BCUT2D eigenvalue weighted by atomic mass is 10.1. The van der Waals surface area contributed by atoms with Crippen LogP contribution in [0.5, 0.6) is 0 Å². The molecule has 0 aliphatic carbocycles. The maximum absolute atomic E-state index is 13.9. The highest BCUT2D eigenvalue weighted by atomic mass is 32.1. The Morgan fingerprint density at radius 1 is 1.26 bits per heavy atom. The molecule has 23 heavy (non-hydrogen) atoms. The molecule has 0 amide bonds. The number of benzene rings is 1. The highest BCUT2D eigenvalue weighted by molar-refractivity contribution is 7.09. The van der Waals surface area contributed by atoms with Gasteiger partial charge in [-0.3, -0.25) is 9.80 Å². The van der Waals surface area contributed by atoms with Crippen LogP contribution in [-0.4, -0.2) is 52.2 Å². The normalized spacial score (nSPS) is 20.0. The average Bonchev–Trinajstić information content (AvgIpc) is 3.05. The molecule has 4 nitrogen and oxygen atoms in total. The second-order valence-corrected chi connectivity index (χ2v) is 6.87. The highest BCUT2D eigenvalue weighted by Crippen LogP contribution is 2.20. The van der Waals surface area contributed by atoms with Crippen LogP contribution in [0.4, 0.5) is 4.39 Å². The van der Waals surface area contributed by atoms with Gasteiger partial charge in [0.2, 0.25) is 0 Å². The Morgan fingerprint density at radius 2 is 2.13 bits per heavy atom. The molecule has 1 aromatic heterocycles. The molecule has 2 aromatic rings. The van der Waals surface area contributed by atoms with E-state index in [-0.39, 0.29) is 18.5 Å². The predicted octanol–water partition coefficient (Wildman–Crippen LogP) is 2.35. The average molecular weight is 335 g/mol. The second kappa shape index (κ2) is 7.97. The minimum atomic E-state index is -0.152. The van der Waals surface area contributed by atoms with Crippen LogP contribution in [-0.2, 0) is 13.1 Å². The lowest BCUT2D eigenvalue weighted by molar-refractivity contribution is 0.0492. The summed E-state index contributed by atoms with van der Waals surface area (Å²) in [7, 11) is 0. The summed E-state index contributed by atoms with van der Waals surface area (Å²) in [4.78, 5) is 9.00. The number of rotatable bonds is 6. The van der Waals surface area contributed by atoms with E-state index < -0.39 is 0 Å². The van der Waals surface area contributed by atoms with Crippen molar-refractivity contribution < 1.29 is 9.50 Å². The molecular formula is C17H22FN3OS. The van der Waals surface area contributed by atoms with Gasteiger partial charge in [-0.15, -0.1) is 11.3 Å². The molecule has 1 N–H and O–H groups in total. The Bertz CT molecular complexity index is 608. The quantitative estimate of drug-likeness (QED) is 0.880. The van der Waals surface area contributed by atoms with E-state index in [0.717, 1.165) is 36.8 Å². The molecule has 124 valence electrons. The second-order valence-electron chi connectivity index (χ2n) is 5.89. The third-order valence-corrected chi connectivity index (χ3v) is 5.09. The first-order chi connectivity index (χ1) is 11.3. The Hall–Kier alpha value is -1.34. The third-order valence-electron chi connectivity index (χ3n) is 4.32. The molecule has 0 spiro atoms. The first-order valence-electron chi connectivity index (χ1n) is 7.95. The maximum Gasteiger partial charge on any atom is 0.127 e. The first-order valence-corrected chi connectivity index (χ1v) is 8.83. The van der Waals surface area contributed by atoms with Gasteiger partial charge in [-0.2, -0.15) is 0 Å². The Kier molecular flexibility index (Phi) is 5.72. The maximum atomic E-state index is 13.9. The summed E-state index contributed by atoms with van der Waals surface area (Å²) in [5, 5.41) is 12.5. The van der Waals surface area contributed by atoms with Gasteiger partial charge in [-0.25, -0.2) is 9.37 Å². The standard InChI is InChI=1S/C17H22FN3OS/c18-16-4-2-1-3-14(16)11-21-8-7-20(12-15(21)5-9-22)13-17-19-6-10-23-17/h1-4,6,10,15,22H,5,7-9,11-13H2/t15-/m0/s1. The van der Waals surface area contributed by atoms with Crippen molar-refractivity contribution >= 4 is 11.3 Å². The van der Waals surface area contributed by atoms with Crippen molar-refractivity contribution in [2.75, 3.05) is 26.2 Å². The summed E-state index contributed by atoms with van der Waals surface area (Å²) < 4.78 is 13.9. The van der Waals surface area contributed by atoms with E-state index in [1.807, 2.05) is 23.7 Å². The molecule has 1 aromatic carbocycles. The first kappa shape index (κ1) is 16.5. The van der Waals surface area contributed by atoms with Gasteiger partial charge < -0.3 is 5.11 Å². The number of aliphatic hydroxyl groups is 1. The molecule has 1 aliphatic heterocycles. The van der Waals surface area contributed by atoms with Crippen molar-refractivity contribution in [1.29, 1.82) is 0 Å². The number of thiazole rings is 1. The minimum Gasteiger partial charge on any atom is -0.396 e. The van der Waals surface area contributed by atoms with E-state index in [1.54, 1.807) is 17.4 Å². The van der Waals surface area contributed by atoms with Gasteiger partial charge in [0.15, 0.2) is 0 Å². The molecule has 2 heterocycles. The third kappa shape index (κ3) is 4.35. The Morgan fingerprint density at radius 3 is 2.87 bits per heavy atom. The lowest BCUT2D eigenvalue weighted by Gasteiger charge is -2.41. The van der Waals surface area contributed by atoms with Crippen LogP contribution in [0.15, 0.2) is 35.8 Å². The highest BCUT2D eigenvalue weighted by Gasteiger charge is 2.27. The van der Waals surface area contributed by atoms with Gasteiger partial charge in [0.25, 0.3) is 0 Å². The molecule has 0 radical (unpaired) electrons. The lowest BCUT2D eigenvalue weighted by Crippen LogP contribution is -2.52. The minimum absolute atomic E-state index is 0.152. The summed E-state index contributed by atoms with van der Waals surface area (Å²) in [6.07, 6.45) is 2.54. The number of aromatic nitrogens is 1. The van der Waals surface area contributed by atoms with Crippen molar-refractivity contribution in [2.45, 2.75) is 25.6 Å². The largest absolute Gasteiger partial charge is 0.396 e. The fourth-order valence-electron chi connectivity index (χ4n) is 3.10. The molecule has 1 fully saturated rings. The number of nitrogens with zero attached hydrogens (tertiary/aromatic N) is 3. The van der Waals surface area contributed by atoms with Crippen LogP contribution in [0.1, 0.15) is 17.0 Å². The van der Waals surface area contributed by atoms with Gasteiger partial charge in [-0.05, 0) is 12.5 Å². The molecular weight excluding hydrogens is 313 g/mol. The zero-order valence-electron chi connectivity index (χ0n) is 13.1. The van der Waals surface area contributed by atoms with Crippen molar-refractivity contribution in [2.24, 2.45) is 0 Å². The van der Waals surface area contributed by atoms with Crippen molar-refractivity contribution in [3.05, 3.63) is 52.2 Å². The monoisotopic (exact) mass is 335 g/mol. The molecule has 0 unspecified atom stereocenters. The fourth-order valence-corrected chi connectivity index (χ4v) is 3.76. The molecule has 3 rings (SSSR count). The van der Waals surface area contributed by atoms with Gasteiger partial charge >= 0.3 is 0 Å². The SMILES string of the molecule is OCC[C@H]1CN(Cc2nccs2)CCN1Cc1ccccc1F. The van der Waals surface area contributed by atoms with Crippen LogP contribution >= 0.6 is 11.3 Å². The fraction of sp³-hybridized carbons (Fsp3) is 0.471. The molecule has 1 saturated heterocycles. The van der Waals surface area contributed by atoms with Crippen molar-refractivity contribution in [3.63, 3.8) is 0 Å². The van der Waals surface area contributed by atoms with Gasteiger partial charge in [0.1, 0.15) is 10.8 Å². The van der Waals surface area contributed by atoms with E-state index in [2.05, 4.69) is 14.8 Å². The Balaban J connectivity index is 1.64. The van der Waals surface area contributed by atoms with E-state index in [9.17, 15) is 9.50 Å². The Labute approximate surface area is 140 Å². The van der Waals surface area contributed by atoms with E-state index in [1.165, 1.54) is 6.07 Å². The van der Waals surface area contributed by atoms with Crippen LogP contribution in [0, 0.1) is 5.82 Å². The molecule has 6 heteroatoms. The number of halogens is 1. The zero-order chi connectivity index (χ0) is 16.1. The van der Waals surface area contributed by atoms with Crippen LogP contribution in [0.3, 0.4) is 0 Å². The number of hydrogen-bond acceptors (Lipinski definition) is 5. The number of piperazine rings is 1. The summed E-state index contributed by atoms with van der Waals surface area (Å²) in [5.41, 5.74) is 0.726. The van der Waals surface area contributed by atoms with Gasteiger partial charge in [0.05, 0.1) is 6.54 Å². The van der Waals surface area contributed by atoms with E-state index >= 15 is 0 Å². The van der Waals surface area contributed by atoms with E-state index in [4.69, 9.17) is 0 Å². The van der Waals surface area contributed by atoms with Crippen molar-refractivity contribution in [1.82, 2.24) is 14.8 Å².